The van der Waals surface area contributed by atoms with Gasteiger partial charge in [-0.1, -0.05) is 42.5 Å². The summed E-state index contributed by atoms with van der Waals surface area (Å²) in [6, 6.07) is 18.5. The molecular weight excluding hydrogens is 258 g/mol. The average molecular weight is 278 g/mol. The Morgan fingerprint density at radius 1 is 1.00 bits per heavy atom. The molecule has 0 unspecified atom stereocenters. The zero-order valence-corrected chi connectivity index (χ0v) is 11.9. The van der Waals surface area contributed by atoms with Crippen molar-refractivity contribution in [3.63, 3.8) is 0 Å². The molecule has 2 aromatic rings. The first-order chi connectivity index (χ1) is 8.79. The van der Waals surface area contributed by atoms with Gasteiger partial charge in [0.1, 0.15) is 5.75 Å². The molecule has 0 heterocycles. The maximum Gasteiger partial charge on any atom is 0.118 e. The number of benzene rings is 2. The molecule has 1 atom stereocenters. The maximum absolute atomic E-state index is 6.19. The van der Waals surface area contributed by atoms with Gasteiger partial charge in [0.2, 0.25) is 0 Å². The fourth-order valence-electron chi connectivity index (χ4n) is 1.98. The molecule has 0 saturated heterocycles. The Morgan fingerprint density at radius 3 is 2.21 bits per heavy atom. The van der Waals surface area contributed by atoms with Gasteiger partial charge in [-0.3, -0.25) is 0 Å². The van der Waals surface area contributed by atoms with Gasteiger partial charge in [0.05, 0.1) is 7.11 Å². The van der Waals surface area contributed by atoms with Gasteiger partial charge in [-0.2, -0.15) is 0 Å². The van der Waals surface area contributed by atoms with Gasteiger partial charge in [0.15, 0.2) is 0 Å². The van der Waals surface area contributed by atoms with E-state index in [1.807, 2.05) is 30.3 Å². The molecule has 2 nitrogen and oxygen atoms in total. The van der Waals surface area contributed by atoms with Crippen LogP contribution in [0.3, 0.4) is 0 Å². The van der Waals surface area contributed by atoms with Crippen LogP contribution in [0.15, 0.2) is 54.6 Å². The van der Waals surface area contributed by atoms with Crippen LogP contribution in [0, 0.1) is 0 Å². The van der Waals surface area contributed by atoms with Crippen molar-refractivity contribution in [2.45, 2.75) is 18.9 Å². The quantitative estimate of drug-likeness (QED) is 0.903. The standard InChI is InChI=1S/C16H19NO.ClH/c1-18-15-10-8-14(9-11-15)16(17)12-7-13-5-3-2-4-6-13;/h2-6,8-11,16H,7,12,17H2,1H3;1H/t16-;/m0./s1. The topological polar surface area (TPSA) is 35.2 Å². The lowest BCUT2D eigenvalue weighted by molar-refractivity contribution is 0.414. The van der Waals surface area contributed by atoms with Gasteiger partial charge in [0, 0.05) is 6.04 Å². The SMILES string of the molecule is COc1ccc([C@@H](N)CCc2ccccc2)cc1.Cl. The predicted molar refractivity (Wildman–Crippen MR) is 81.9 cm³/mol. The van der Waals surface area contributed by atoms with Gasteiger partial charge < -0.3 is 10.5 Å². The van der Waals surface area contributed by atoms with Crippen molar-refractivity contribution in [2.24, 2.45) is 5.73 Å². The van der Waals surface area contributed by atoms with E-state index in [-0.39, 0.29) is 18.4 Å². The predicted octanol–water partition coefficient (Wildman–Crippen LogP) is 3.75. The van der Waals surface area contributed by atoms with Crippen LogP contribution >= 0.6 is 12.4 Å². The second-order valence-corrected chi connectivity index (χ2v) is 4.40. The zero-order valence-electron chi connectivity index (χ0n) is 11.1. The van der Waals surface area contributed by atoms with Crippen LogP contribution in [-0.2, 0) is 6.42 Å². The van der Waals surface area contributed by atoms with Crippen LogP contribution in [-0.4, -0.2) is 7.11 Å². The summed E-state index contributed by atoms with van der Waals surface area (Å²) in [5.74, 6) is 0.869. The van der Waals surface area contributed by atoms with Crippen molar-refractivity contribution >= 4 is 12.4 Å². The second-order valence-electron chi connectivity index (χ2n) is 4.40. The highest BCUT2D eigenvalue weighted by molar-refractivity contribution is 5.85. The summed E-state index contributed by atoms with van der Waals surface area (Å²) in [4.78, 5) is 0. The summed E-state index contributed by atoms with van der Waals surface area (Å²) < 4.78 is 5.14. The number of nitrogens with two attached hydrogens (primary N) is 1. The van der Waals surface area contributed by atoms with E-state index in [1.165, 1.54) is 5.56 Å². The Bertz CT molecular complexity index is 470. The minimum Gasteiger partial charge on any atom is -0.497 e. The summed E-state index contributed by atoms with van der Waals surface area (Å²) in [5.41, 5.74) is 8.69. The van der Waals surface area contributed by atoms with Crippen molar-refractivity contribution < 1.29 is 4.74 Å². The zero-order chi connectivity index (χ0) is 12.8. The molecular formula is C16H20ClNO. The van der Waals surface area contributed by atoms with Crippen molar-refractivity contribution in [1.29, 1.82) is 0 Å². The molecule has 19 heavy (non-hydrogen) atoms. The normalized spacial score (nSPS) is 11.5. The molecule has 0 saturated carbocycles. The summed E-state index contributed by atoms with van der Waals surface area (Å²) in [6.07, 6.45) is 1.96. The van der Waals surface area contributed by atoms with Crippen LogP contribution in [0.4, 0.5) is 0 Å². The number of hydrogen-bond donors (Lipinski definition) is 1. The molecule has 3 heteroatoms. The lowest BCUT2D eigenvalue weighted by Crippen LogP contribution is -2.11. The molecule has 0 radical (unpaired) electrons. The molecule has 0 spiro atoms. The van der Waals surface area contributed by atoms with E-state index in [1.54, 1.807) is 7.11 Å². The van der Waals surface area contributed by atoms with Crippen molar-refractivity contribution in [3.05, 3.63) is 65.7 Å². The number of halogens is 1. The Kier molecular flexibility index (Phi) is 6.40. The van der Waals surface area contributed by atoms with Crippen LogP contribution in [0.1, 0.15) is 23.6 Å². The summed E-state index contributed by atoms with van der Waals surface area (Å²) in [6.45, 7) is 0. The number of methoxy groups -OCH3 is 1. The minimum atomic E-state index is 0. The van der Waals surface area contributed by atoms with Crippen molar-refractivity contribution in [1.82, 2.24) is 0 Å². The van der Waals surface area contributed by atoms with E-state index in [9.17, 15) is 0 Å². The number of rotatable bonds is 5. The second kappa shape index (κ2) is 7.82. The van der Waals surface area contributed by atoms with Gasteiger partial charge in [0.25, 0.3) is 0 Å². The monoisotopic (exact) mass is 277 g/mol. The van der Waals surface area contributed by atoms with E-state index in [2.05, 4.69) is 24.3 Å². The molecule has 2 rings (SSSR count). The molecule has 0 aliphatic heterocycles. The third kappa shape index (κ3) is 4.58. The van der Waals surface area contributed by atoms with Gasteiger partial charge >= 0.3 is 0 Å². The lowest BCUT2D eigenvalue weighted by atomic mass is 10.00. The van der Waals surface area contributed by atoms with Crippen LogP contribution in [0.25, 0.3) is 0 Å². The average Bonchev–Trinajstić information content (AvgIpc) is 2.46. The van der Waals surface area contributed by atoms with E-state index >= 15 is 0 Å². The van der Waals surface area contributed by atoms with Crippen LogP contribution < -0.4 is 10.5 Å². The van der Waals surface area contributed by atoms with E-state index in [0.29, 0.717) is 0 Å². The summed E-state index contributed by atoms with van der Waals surface area (Å²) in [5, 5.41) is 0. The van der Waals surface area contributed by atoms with Crippen molar-refractivity contribution in [2.75, 3.05) is 7.11 Å². The highest BCUT2D eigenvalue weighted by Gasteiger charge is 2.06. The Hall–Kier alpha value is -1.51. The summed E-state index contributed by atoms with van der Waals surface area (Å²) in [7, 11) is 1.67. The Balaban J connectivity index is 0.00000180. The number of ether oxygens (including phenoxy) is 1. The minimum absolute atomic E-state index is 0. The largest absolute Gasteiger partial charge is 0.497 e. The Morgan fingerprint density at radius 2 is 1.63 bits per heavy atom. The van der Waals surface area contributed by atoms with Crippen LogP contribution in [0.2, 0.25) is 0 Å². The smallest absolute Gasteiger partial charge is 0.118 e. The first-order valence-electron chi connectivity index (χ1n) is 6.23. The Labute approximate surface area is 121 Å². The fourth-order valence-corrected chi connectivity index (χ4v) is 1.98. The number of hydrogen-bond acceptors (Lipinski definition) is 2. The summed E-state index contributed by atoms with van der Waals surface area (Å²) >= 11 is 0. The first-order valence-corrected chi connectivity index (χ1v) is 6.23. The van der Waals surface area contributed by atoms with Gasteiger partial charge in [-0.05, 0) is 36.1 Å². The molecule has 2 aromatic carbocycles. The molecule has 102 valence electrons. The first kappa shape index (κ1) is 15.5. The van der Waals surface area contributed by atoms with E-state index in [0.717, 1.165) is 24.2 Å². The fraction of sp³-hybridized carbons (Fsp3) is 0.250. The van der Waals surface area contributed by atoms with Gasteiger partial charge in [-0.15, -0.1) is 12.4 Å². The molecule has 0 amide bonds. The van der Waals surface area contributed by atoms with E-state index < -0.39 is 0 Å². The third-order valence-corrected chi connectivity index (χ3v) is 3.13. The molecule has 0 aliphatic rings. The highest BCUT2D eigenvalue weighted by atomic mass is 35.5. The van der Waals surface area contributed by atoms with Crippen molar-refractivity contribution in [3.8, 4) is 5.75 Å². The molecule has 0 aromatic heterocycles. The molecule has 0 fully saturated rings. The highest BCUT2D eigenvalue weighted by Crippen LogP contribution is 2.19. The number of aryl methyl sites for hydroxylation is 1. The maximum atomic E-state index is 6.19. The lowest BCUT2D eigenvalue weighted by Gasteiger charge is -2.12. The van der Waals surface area contributed by atoms with Crippen LogP contribution in [0.5, 0.6) is 5.75 Å². The van der Waals surface area contributed by atoms with E-state index in [4.69, 9.17) is 10.5 Å². The molecule has 0 aliphatic carbocycles. The molecule has 0 bridgehead atoms. The third-order valence-electron chi connectivity index (χ3n) is 3.13. The molecule has 2 N–H and O–H groups in total. The van der Waals surface area contributed by atoms with Gasteiger partial charge in [-0.25, -0.2) is 0 Å².